The molecule has 0 saturated heterocycles. The van der Waals surface area contributed by atoms with E-state index in [1.807, 2.05) is 6.92 Å². The van der Waals surface area contributed by atoms with Crippen molar-refractivity contribution < 1.29 is 22.3 Å². The number of aryl methyl sites for hydroxylation is 1. The van der Waals surface area contributed by atoms with Gasteiger partial charge in [-0.3, -0.25) is 9.52 Å². The first kappa shape index (κ1) is 22.6. The van der Waals surface area contributed by atoms with E-state index in [0.29, 0.717) is 23.6 Å². The van der Waals surface area contributed by atoms with E-state index in [-0.39, 0.29) is 21.2 Å². The Morgan fingerprint density at radius 3 is 2.42 bits per heavy atom. The first-order valence-electron chi connectivity index (χ1n) is 9.32. The van der Waals surface area contributed by atoms with E-state index in [1.165, 1.54) is 24.3 Å². The third kappa shape index (κ3) is 5.53. The highest BCUT2D eigenvalue weighted by Gasteiger charge is 2.20. The van der Waals surface area contributed by atoms with Crippen molar-refractivity contribution in [1.82, 2.24) is 0 Å². The molecule has 0 aliphatic carbocycles. The molecule has 0 atom stereocenters. The molecule has 0 radical (unpaired) electrons. The Morgan fingerprint density at radius 2 is 1.77 bits per heavy atom. The Bertz CT molecular complexity index is 1210. The molecule has 31 heavy (non-hydrogen) atoms. The lowest BCUT2D eigenvalue weighted by Gasteiger charge is -2.12. The fourth-order valence-electron chi connectivity index (χ4n) is 2.76. The maximum atomic E-state index is 14.1. The number of benzene rings is 3. The van der Waals surface area contributed by atoms with Crippen molar-refractivity contribution in [3.63, 3.8) is 0 Å². The summed E-state index contributed by atoms with van der Waals surface area (Å²) in [4.78, 5) is 12.5. The summed E-state index contributed by atoms with van der Waals surface area (Å²) in [6, 6.07) is 14.5. The molecule has 0 spiro atoms. The molecule has 6 nitrogen and oxygen atoms in total. The predicted octanol–water partition coefficient (Wildman–Crippen LogP) is 5.24. The van der Waals surface area contributed by atoms with Crippen molar-refractivity contribution >= 4 is 38.9 Å². The van der Waals surface area contributed by atoms with Crippen LogP contribution in [0.1, 0.15) is 22.8 Å². The number of amides is 1. The van der Waals surface area contributed by atoms with Crippen LogP contribution >= 0.6 is 11.6 Å². The zero-order valence-electron chi connectivity index (χ0n) is 16.8. The first-order valence-corrected chi connectivity index (χ1v) is 11.2. The molecule has 2 N–H and O–H groups in total. The van der Waals surface area contributed by atoms with Gasteiger partial charge in [-0.25, -0.2) is 12.8 Å². The topological polar surface area (TPSA) is 84.5 Å². The van der Waals surface area contributed by atoms with E-state index in [2.05, 4.69) is 10.0 Å². The zero-order valence-corrected chi connectivity index (χ0v) is 18.4. The number of carbonyl (C=O) groups excluding carboxylic acids is 1. The summed E-state index contributed by atoms with van der Waals surface area (Å²) in [6.45, 7) is 4.06. The maximum Gasteiger partial charge on any atom is 0.261 e. The molecule has 0 bridgehead atoms. The lowest BCUT2D eigenvalue weighted by Crippen LogP contribution is -2.17. The van der Waals surface area contributed by atoms with Crippen LogP contribution in [0.3, 0.4) is 0 Å². The highest BCUT2D eigenvalue weighted by molar-refractivity contribution is 7.92. The molecule has 0 unspecified atom stereocenters. The van der Waals surface area contributed by atoms with Crippen LogP contribution in [0.4, 0.5) is 15.8 Å². The van der Waals surface area contributed by atoms with E-state index in [9.17, 15) is 17.6 Å². The number of rotatable bonds is 7. The minimum atomic E-state index is -4.00. The molecule has 3 aromatic rings. The van der Waals surface area contributed by atoms with Crippen molar-refractivity contribution in [3.05, 3.63) is 82.6 Å². The van der Waals surface area contributed by atoms with Crippen molar-refractivity contribution in [3.8, 4) is 5.75 Å². The molecule has 3 rings (SSSR count). The van der Waals surface area contributed by atoms with Gasteiger partial charge in [0.25, 0.3) is 15.9 Å². The monoisotopic (exact) mass is 462 g/mol. The van der Waals surface area contributed by atoms with Gasteiger partial charge in [0.05, 0.1) is 27.8 Å². The lowest BCUT2D eigenvalue weighted by atomic mass is 10.2. The van der Waals surface area contributed by atoms with Gasteiger partial charge in [0, 0.05) is 5.69 Å². The highest BCUT2D eigenvalue weighted by Crippen LogP contribution is 2.25. The molecule has 3 aromatic carbocycles. The van der Waals surface area contributed by atoms with Gasteiger partial charge in [-0.15, -0.1) is 0 Å². The predicted molar refractivity (Wildman–Crippen MR) is 119 cm³/mol. The Hall–Kier alpha value is -3.10. The van der Waals surface area contributed by atoms with Crippen LogP contribution in [0.15, 0.2) is 65.6 Å². The van der Waals surface area contributed by atoms with Crippen molar-refractivity contribution in [1.29, 1.82) is 0 Å². The van der Waals surface area contributed by atoms with E-state index in [0.717, 1.165) is 6.07 Å². The summed E-state index contributed by atoms with van der Waals surface area (Å²) in [5.74, 6) is -0.726. The number of anilines is 2. The number of halogens is 2. The van der Waals surface area contributed by atoms with Gasteiger partial charge >= 0.3 is 0 Å². The quantitative estimate of drug-likeness (QED) is 0.503. The normalized spacial score (nSPS) is 11.1. The summed E-state index contributed by atoms with van der Waals surface area (Å²) < 4.78 is 47.4. The molecule has 0 aromatic heterocycles. The van der Waals surface area contributed by atoms with Gasteiger partial charge in [0.15, 0.2) is 0 Å². The van der Waals surface area contributed by atoms with Crippen molar-refractivity contribution in [2.45, 2.75) is 18.7 Å². The van der Waals surface area contributed by atoms with Gasteiger partial charge in [0.2, 0.25) is 0 Å². The fraction of sp³-hybridized carbons (Fsp3) is 0.136. The van der Waals surface area contributed by atoms with Crippen LogP contribution in [-0.4, -0.2) is 20.9 Å². The molecular weight excluding hydrogens is 443 g/mol. The summed E-state index contributed by atoms with van der Waals surface area (Å²) in [5.41, 5.74) is 0.886. The average molecular weight is 463 g/mol. The fourth-order valence-corrected chi connectivity index (χ4v) is 4.04. The average Bonchev–Trinajstić information content (AvgIpc) is 2.71. The molecule has 0 heterocycles. The van der Waals surface area contributed by atoms with Crippen molar-refractivity contribution in [2.24, 2.45) is 0 Å². The Labute approximate surface area is 185 Å². The highest BCUT2D eigenvalue weighted by atomic mass is 35.5. The van der Waals surface area contributed by atoms with Crippen LogP contribution < -0.4 is 14.8 Å². The first-order chi connectivity index (χ1) is 14.7. The number of nitrogens with one attached hydrogen (secondary N) is 2. The molecule has 0 aliphatic rings. The number of carbonyl (C=O) groups is 1. The molecule has 0 saturated carbocycles. The second kappa shape index (κ2) is 9.36. The number of hydrogen-bond acceptors (Lipinski definition) is 4. The van der Waals surface area contributed by atoms with Crippen LogP contribution in [-0.2, 0) is 10.0 Å². The third-order valence-corrected chi connectivity index (χ3v) is 5.99. The molecule has 162 valence electrons. The van der Waals surface area contributed by atoms with Crippen LogP contribution in [0, 0.1) is 12.7 Å². The second-order valence-corrected chi connectivity index (χ2v) is 8.73. The van der Waals surface area contributed by atoms with E-state index in [4.69, 9.17) is 16.3 Å². The smallest absolute Gasteiger partial charge is 0.261 e. The van der Waals surface area contributed by atoms with Crippen LogP contribution in [0.25, 0.3) is 0 Å². The molecule has 0 fully saturated rings. The van der Waals surface area contributed by atoms with Gasteiger partial charge in [-0.2, -0.15) is 0 Å². The maximum absolute atomic E-state index is 14.1. The minimum Gasteiger partial charge on any atom is -0.494 e. The number of sulfonamides is 1. The largest absolute Gasteiger partial charge is 0.494 e. The van der Waals surface area contributed by atoms with Gasteiger partial charge < -0.3 is 10.1 Å². The van der Waals surface area contributed by atoms with Crippen LogP contribution in [0.5, 0.6) is 5.75 Å². The van der Waals surface area contributed by atoms with Crippen LogP contribution in [0.2, 0.25) is 5.02 Å². The molecule has 0 aliphatic heterocycles. The minimum absolute atomic E-state index is 0.0324. The van der Waals surface area contributed by atoms with Gasteiger partial charge in [0.1, 0.15) is 11.6 Å². The summed E-state index contributed by atoms with van der Waals surface area (Å²) in [7, 11) is -4.00. The lowest BCUT2D eigenvalue weighted by molar-refractivity contribution is 0.102. The molecule has 1 amide bonds. The number of hydrogen-bond donors (Lipinski definition) is 2. The number of ether oxygens (including phenoxy) is 1. The summed E-state index contributed by atoms with van der Waals surface area (Å²) >= 11 is 6.10. The Morgan fingerprint density at radius 1 is 1.06 bits per heavy atom. The zero-order chi connectivity index (χ0) is 22.6. The second-order valence-electron chi connectivity index (χ2n) is 6.64. The van der Waals surface area contributed by atoms with E-state index in [1.54, 1.807) is 37.3 Å². The van der Waals surface area contributed by atoms with E-state index >= 15 is 0 Å². The third-order valence-electron chi connectivity index (χ3n) is 4.28. The molecular formula is C22H20ClFN2O4S. The van der Waals surface area contributed by atoms with E-state index < -0.39 is 21.7 Å². The summed E-state index contributed by atoms with van der Waals surface area (Å²) in [5, 5.41) is 2.45. The van der Waals surface area contributed by atoms with Gasteiger partial charge in [-0.1, -0.05) is 17.7 Å². The Balaban J connectivity index is 1.84. The summed E-state index contributed by atoms with van der Waals surface area (Å²) in [6.07, 6.45) is 0. The molecule has 9 heteroatoms. The SMILES string of the molecule is CCOc1ccc(NS(=O)(=O)c2ccc(Cl)c(C(=O)Nc3ccc(C)cc3F)c2)cc1. The van der Waals surface area contributed by atoms with Crippen molar-refractivity contribution in [2.75, 3.05) is 16.6 Å². The Kier molecular flexibility index (Phi) is 6.82. The van der Waals surface area contributed by atoms with Gasteiger partial charge in [-0.05, 0) is 74.0 Å². The standard InChI is InChI=1S/C22H20ClFN2O4S/c1-3-30-16-7-5-15(6-8-16)26-31(28,29)17-9-10-19(23)18(13-17)22(27)25-21-11-4-14(2)12-20(21)24/h4-13,26H,3H2,1-2H3,(H,25,27).